The topological polar surface area (TPSA) is 59.6 Å². The van der Waals surface area contributed by atoms with Crippen LogP contribution in [-0.2, 0) is 11.5 Å². The maximum Gasteiger partial charge on any atom is 0.203 e. The molecular formula is C23H21N3O2S2. The molecule has 30 heavy (non-hydrogen) atoms. The fraction of sp³-hybridized carbons (Fsp3) is 0.130. The Kier molecular flexibility index (Phi) is 6.84. The molecule has 0 amide bonds. The molecule has 2 aromatic carbocycles. The van der Waals surface area contributed by atoms with Crippen molar-refractivity contribution in [2.24, 2.45) is 5.10 Å². The van der Waals surface area contributed by atoms with Gasteiger partial charge in [-0.05, 0) is 35.9 Å². The quantitative estimate of drug-likeness (QED) is 0.247. The second-order valence-corrected chi connectivity index (χ2v) is 8.26. The van der Waals surface area contributed by atoms with Crippen LogP contribution in [0.2, 0.25) is 0 Å². The third-order valence-corrected chi connectivity index (χ3v) is 6.08. The van der Waals surface area contributed by atoms with Crippen molar-refractivity contribution >= 4 is 34.4 Å². The molecule has 5 nitrogen and oxygen atoms in total. The first kappa shape index (κ1) is 20.3. The van der Waals surface area contributed by atoms with Crippen molar-refractivity contribution in [1.29, 1.82) is 0 Å². The van der Waals surface area contributed by atoms with Gasteiger partial charge in [0, 0.05) is 22.3 Å². The minimum atomic E-state index is 0.757. The molecule has 152 valence electrons. The van der Waals surface area contributed by atoms with Gasteiger partial charge in [-0.3, -0.25) is 5.43 Å². The lowest BCUT2D eigenvalue weighted by Crippen LogP contribution is -1.95. The summed E-state index contributed by atoms with van der Waals surface area (Å²) >= 11 is 3.31. The van der Waals surface area contributed by atoms with Crippen LogP contribution >= 0.6 is 23.1 Å². The van der Waals surface area contributed by atoms with Crippen LogP contribution in [-0.4, -0.2) is 18.3 Å². The zero-order valence-electron chi connectivity index (χ0n) is 16.4. The van der Waals surface area contributed by atoms with Gasteiger partial charge >= 0.3 is 0 Å². The molecule has 0 fully saturated rings. The number of methoxy groups -OCH3 is 1. The van der Waals surface area contributed by atoms with Gasteiger partial charge in [-0.2, -0.15) is 5.10 Å². The summed E-state index contributed by atoms with van der Waals surface area (Å²) in [6.07, 6.45) is 3.50. The Hall–Kier alpha value is -3.03. The molecule has 2 heterocycles. The van der Waals surface area contributed by atoms with Crippen molar-refractivity contribution in [3.8, 4) is 17.0 Å². The average Bonchev–Trinajstić information content (AvgIpc) is 3.47. The van der Waals surface area contributed by atoms with Crippen molar-refractivity contribution in [1.82, 2.24) is 4.98 Å². The lowest BCUT2D eigenvalue weighted by molar-refractivity contribution is 0.411. The lowest BCUT2D eigenvalue weighted by Gasteiger charge is -2.09. The van der Waals surface area contributed by atoms with E-state index in [1.807, 2.05) is 60.0 Å². The summed E-state index contributed by atoms with van der Waals surface area (Å²) in [5, 5.41) is 7.13. The smallest absolute Gasteiger partial charge is 0.203 e. The molecule has 4 aromatic rings. The van der Waals surface area contributed by atoms with Gasteiger partial charge in [0.15, 0.2) is 0 Å². The summed E-state index contributed by atoms with van der Waals surface area (Å²) < 4.78 is 10.9. The number of rotatable bonds is 9. The molecule has 0 spiro atoms. The van der Waals surface area contributed by atoms with E-state index in [0.717, 1.165) is 50.5 Å². The molecular weight excluding hydrogens is 414 g/mol. The number of furan rings is 1. The molecule has 0 saturated carbocycles. The Morgan fingerprint density at radius 3 is 2.83 bits per heavy atom. The number of anilines is 1. The summed E-state index contributed by atoms with van der Waals surface area (Å²) in [5.41, 5.74) is 7.18. The molecule has 0 bridgehead atoms. The van der Waals surface area contributed by atoms with Crippen LogP contribution in [0.15, 0.2) is 81.8 Å². The first-order chi connectivity index (χ1) is 14.8. The van der Waals surface area contributed by atoms with Gasteiger partial charge in [0.05, 0.1) is 31.0 Å². The molecule has 4 rings (SSSR count). The zero-order valence-corrected chi connectivity index (χ0v) is 18.1. The Labute approximate surface area is 183 Å². The molecule has 0 radical (unpaired) electrons. The molecule has 0 aliphatic rings. The summed E-state index contributed by atoms with van der Waals surface area (Å²) in [7, 11) is 1.69. The highest BCUT2D eigenvalue weighted by molar-refractivity contribution is 7.97. The van der Waals surface area contributed by atoms with Gasteiger partial charge in [-0.15, -0.1) is 23.1 Å². The molecule has 0 unspecified atom stereocenters. The van der Waals surface area contributed by atoms with E-state index in [1.165, 1.54) is 11.3 Å². The van der Waals surface area contributed by atoms with Gasteiger partial charge in [0.25, 0.3) is 0 Å². The highest BCUT2D eigenvalue weighted by Crippen LogP contribution is 2.27. The van der Waals surface area contributed by atoms with E-state index in [-0.39, 0.29) is 0 Å². The SMILES string of the molecule is COc1ccc(C=NNc2nc(-c3ccccc3)cs2)cc1CSCc1ccco1. The molecule has 1 N–H and O–H groups in total. The number of hydrazone groups is 1. The van der Waals surface area contributed by atoms with E-state index in [9.17, 15) is 0 Å². The Morgan fingerprint density at radius 1 is 1.13 bits per heavy atom. The molecule has 0 aliphatic carbocycles. The van der Waals surface area contributed by atoms with Crippen LogP contribution in [0.4, 0.5) is 5.13 Å². The number of hydrogen-bond donors (Lipinski definition) is 1. The lowest BCUT2D eigenvalue weighted by atomic mass is 10.1. The van der Waals surface area contributed by atoms with Crippen molar-refractivity contribution < 1.29 is 9.15 Å². The van der Waals surface area contributed by atoms with Gasteiger partial charge in [0.2, 0.25) is 5.13 Å². The number of hydrogen-bond acceptors (Lipinski definition) is 7. The summed E-state index contributed by atoms with van der Waals surface area (Å²) in [5.74, 6) is 3.49. The Balaban J connectivity index is 1.38. The van der Waals surface area contributed by atoms with Crippen LogP contribution in [0.3, 0.4) is 0 Å². The number of nitrogens with zero attached hydrogens (tertiary/aromatic N) is 2. The highest BCUT2D eigenvalue weighted by Gasteiger charge is 2.06. The van der Waals surface area contributed by atoms with Crippen LogP contribution in [0.1, 0.15) is 16.9 Å². The predicted molar refractivity (Wildman–Crippen MR) is 125 cm³/mol. The largest absolute Gasteiger partial charge is 0.496 e. The number of benzene rings is 2. The zero-order chi connectivity index (χ0) is 20.6. The fourth-order valence-corrected chi connectivity index (χ4v) is 4.46. The molecule has 0 aliphatic heterocycles. The second-order valence-electron chi connectivity index (χ2n) is 6.42. The third kappa shape index (κ3) is 5.31. The Morgan fingerprint density at radius 2 is 2.03 bits per heavy atom. The van der Waals surface area contributed by atoms with E-state index in [0.29, 0.717) is 0 Å². The van der Waals surface area contributed by atoms with E-state index in [1.54, 1.807) is 31.3 Å². The monoisotopic (exact) mass is 435 g/mol. The summed E-state index contributed by atoms with van der Waals surface area (Å²) in [6.45, 7) is 0. The van der Waals surface area contributed by atoms with E-state index >= 15 is 0 Å². The maximum atomic E-state index is 5.50. The van der Waals surface area contributed by atoms with Gasteiger partial charge in [-0.1, -0.05) is 30.3 Å². The molecule has 0 saturated heterocycles. The summed E-state index contributed by atoms with van der Waals surface area (Å²) in [6, 6.07) is 20.1. The van der Waals surface area contributed by atoms with Crippen molar-refractivity contribution in [2.45, 2.75) is 11.5 Å². The third-order valence-electron chi connectivity index (χ3n) is 4.33. The first-order valence-corrected chi connectivity index (χ1v) is 11.4. The van der Waals surface area contributed by atoms with Crippen LogP contribution in [0.5, 0.6) is 5.75 Å². The number of ether oxygens (including phenoxy) is 1. The molecule has 2 aromatic heterocycles. The van der Waals surface area contributed by atoms with Gasteiger partial charge in [-0.25, -0.2) is 4.98 Å². The fourth-order valence-electron chi connectivity index (χ4n) is 2.88. The minimum absolute atomic E-state index is 0.757. The van der Waals surface area contributed by atoms with Crippen molar-refractivity contribution in [2.75, 3.05) is 12.5 Å². The van der Waals surface area contributed by atoms with Crippen LogP contribution in [0.25, 0.3) is 11.3 Å². The number of thioether (sulfide) groups is 1. The van der Waals surface area contributed by atoms with Gasteiger partial charge < -0.3 is 9.15 Å². The Bertz CT molecular complexity index is 1090. The van der Waals surface area contributed by atoms with Crippen molar-refractivity contribution in [3.63, 3.8) is 0 Å². The van der Waals surface area contributed by atoms with Crippen molar-refractivity contribution in [3.05, 3.63) is 89.2 Å². The number of thiazole rings is 1. The maximum absolute atomic E-state index is 5.50. The van der Waals surface area contributed by atoms with E-state index in [4.69, 9.17) is 9.15 Å². The highest BCUT2D eigenvalue weighted by atomic mass is 32.2. The summed E-state index contributed by atoms with van der Waals surface area (Å²) in [4.78, 5) is 4.58. The molecule has 7 heteroatoms. The molecule has 0 atom stereocenters. The van der Waals surface area contributed by atoms with E-state index in [2.05, 4.69) is 21.6 Å². The second kappa shape index (κ2) is 10.1. The van der Waals surface area contributed by atoms with E-state index < -0.39 is 0 Å². The average molecular weight is 436 g/mol. The van der Waals surface area contributed by atoms with Gasteiger partial charge in [0.1, 0.15) is 11.5 Å². The standard InChI is InChI=1S/C23H21N3O2S2/c1-27-22-10-9-17(12-19(22)14-29-15-20-8-5-11-28-20)13-24-26-23-25-21(16-30-23)18-6-3-2-4-7-18/h2-13,16H,14-15H2,1H3,(H,25,26). The number of nitrogens with one attached hydrogen (secondary N) is 1. The minimum Gasteiger partial charge on any atom is -0.496 e. The predicted octanol–water partition coefficient (Wildman–Crippen LogP) is 6.29. The van der Waals surface area contributed by atoms with Crippen LogP contribution < -0.4 is 10.2 Å². The number of aromatic nitrogens is 1. The first-order valence-electron chi connectivity index (χ1n) is 9.39. The van der Waals surface area contributed by atoms with Crippen LogP contribution in [0, 0.1) is 0 Å². The normalized spacial score (nSPS) is 11.1.